The lowest BCUT2D eigenvalue weighted by atomic mass is 10.0. The van der Waals surface area contributed by atoms with Gasteiger partial charge in [0.25, 0.3) is 0 Å². The second-order valence-corrected chi connectivity index (χ2v) is 5.11. The van der Waals surface area contributed by atoms with Crippen molar-refractivity contribution in [2.45, 2.75) is 59.8 Å². The van der Waals surface area contributed by atoms with Gasteiger partial charge in [-0.2, -0.15) is 0 Å². The molecule has 94 valence electrons. The molecule has 0 saturated carbocycles. The Kier molecular flexibility index (Phi) is 9.31. The first kappa shape index (κ1) is 15.4. The molecule has 0 aliphatic rings. The Bertz CT molecular complexity index is 224. The van der Waals surface area contributed by atoms with Gasteiger partial charge in [0.1, 0.15) is 0 Å². The van der Waals surface area contributed by atoms with E-state index in [-0.39, 0.29) is 6.61 Å². The molecule has 1 N–H and O–H groups in total. The highest BCUT2D eigenvalue weighted by atomic mass is 16.2. The second-order valence-electron chi connectivity index (χ2n) is 5.11. The van der Waals surface area contributed by atoms with Gasteiger partial charge in [-0.05, 0) is 45.4 Å². The molecule has 0 radical (unpaired) electrons. The van der Waals surface area contributed by atoms with E-state index in [4.69, 9.17) is 5.11 Å². The summed E-state index contributed by atoms with van der Waals surface area (Å²) >= 11 is 0. The summed E-state index contributed by atoms with van der Waals surface area (Å²) < 4.78 is 0. The molecule has 0 atom stereocenters. The van der Waals surface area contributed by atoms with E-state index in [1.54, 1.807) is 0 Å². The van der Waals surface area contributed by atoms with E-state index in [1.807, 2.05) is 6.08 Å². The zero-order valence-electron chi connectivity index (χ0n) is 11.4. The van der Waals surface area contributed by atoms with Crippen LogP contribution in [-0.4, -0.2) is 11.7 Å². The molecule has 1 heteroatoms. The van der Waals surface area contributed by atoms with Gasteiger partial charge < -0.3 is 5.11 Å². The molecular formula is C15H28O. The van der Waals surface area contributed by atoms with Crippen LogP contribution >= 0.6 is 0 Å². The van der Waals surface area contributed by atoms with Gasteiger partial charge in [0, 0.05) is 0 Å². The molecular weight excluding hydrogens is 196 g/mol. The maximum atomic E-state index is 8.72. The Labute approximate surface area is 101 Å². The Balaban J connectivity index is 3.66. The van der Waals surface area contributed by atoms with Crippen molar-refractivity contribution in [1.82, 2.24) is 0 Å². The molecule has 0 rings (SSSR count). The quantitative estimate of drug-likeness (QED) is 0.603. The number of allylic oxidation sites excluding steroid dienone is 3. The van der Waals surface area contributed by atoms with Crippen LogP contribution in [0.3, 0.4) is 0 Å². The minimum Gasteiger partial charge on any atom is -0.392 e. The second kappa shape index (κ2) is 9.65. The number of rotatable bonds is 8. The van der Waals surface area contributed by atoms with E-state index >= 15 is 0 Å². The van der Waals surface area contributed by atoms with Gasteiger partial charge >= 0.3 is 0 Å². The third-order valence-electron chi connectivity index (χ3n) is 2.82. The molecule has 0 amide bonds. The molecule has 1 nitrogen and oxygen atoms in total. The fourth-order valence-corrected chi connectivity index (χ4v) is 1.70. The highest BCUT2D eigenvalue weighted by Crippen LogP contribution is 2.13. The summed E-state index contributed by atoms with van der Waals surface area (Å²) in [4.78, 5) is 0. The molecule has 0 aromatic heterocycles. The first-order chi connectivity index (χ1) is 7.56. The van der Waals surface area contributed by atoms with Crippen molar-refractivity contribution in [3.63, 3.8) is 0 Å². The lowest BCUT2D eigenvalue weighted by Crippen LogP contribution is -1.88. The molecule has 0 fully saturated rings. The average Bonchev–Trinajstić information content (AvgIpc) is 2.17. The highest BCUT2D eigenvalue weighted by molar-refractivity contribution is 5.03. The number of aliphatic hydroxyl groups excluding tert-OH is 1. The van der Waals surface area contributed by atoms with E-state index in [0.29, 0.717) is 0 Å². The molecule has 16 heavy (non-hydrogen) atoms. The summed E-state index contributed by atoms with van der Waals surface area (Å²) in [5, 5.41) is 8.72. The van der Waals surface area contributed by atoms with Crippen molar-refractivity contribution >= 4 is 0 Å². The predicted octanol–water partition coefficient (Wildman–Crippen LogP) is 4.48. The van der Waals surface area contributed by atoms with Crippen LogP contribution in [0.1, 0.15) is 59.8 Å². The van der Waals surface area contributed by atoms with Crippen molar-refractivity contribution in [3.8, 4) is 0 Å². The van der Waals surface area contributed by atoms with Crippen molar-refractivity contribution in [3.05, 3.63) is 23.3 Å². The normalized spacial score (nSPS) is 13.6. The van der Waals surface area contributed by atoms with E-state index in [9.17, 15) is 0 Å². The zero-order valence-corrected chi connectivity index (χ0v) is 11.4. The van der Waals surface area contributed by atoms with Crippen molar-refractivity contribution < 1.29 is 5.11 Å². The molecule has 0 aliphatic carbocycles. The standard InChI is InChI=1S/C15H28O/c1-13(2)7-5-8-14(3)9-6-10-15(4)11-12-16/h9,11,13,16H,5-8,10,12H2,1-4H3/b14-9-,15-11+. The van der Waals surface area contributed by atoms with Crippen LogP contribution in [0.4, 0.5) is 0 Å². The number of hydrogen-bond donors (Lipinski definition) is 1. The molecule has 0 aromatic rings. The van der Waals surface area contributed by atoms with Crippen molar-refractivity contribution in [2.24, 2.45) is 5.92 Å². The first-order valence-corrected chi connectivity index (χ1v) is 6.48. The maximum Gasteiger partial charge on any atom is 0.0614 e. The van der Waals surface area contributed by atoms with E-state index in [0.717, 1.165) is 18.8 Å². The third kappa shape index (κ3) is 9.97. The number of hydrogen-bond acceptors (Lipinski definition) is 1. The predicted molar refractivity (Wildman–Crippen MR) is 72.5 cm³/mol. The Morgan fingerprint density at radius 1 is 1.06 bits per heavy atom. The van der Waals surface area contributed by atoms with Gasteiger partial charge in [0.2, 0.25) is 0 Å². The Morgan fingerprint density at radius 3 is 2.25 bits per heavy atom. The van der Waals surface area contributed by atoms with E-state index in [1.165, 1.54) is 30.4 Å². The smallest absolute Gasteiger partial charge is 0.0614 e. The molecule has 0 unspecified atom stereocenters. The van der Waals surface area contributed by atoms with E-state index < -0.39 is 0 Å². The van der Waals surface area contributed by atoms with Crippen LogP contribution in [0.2, 0.25) is 0 Å². The van der Waals surface area contributed by atoms with Gasteiger partial charge in [-0.15, -0.1) is 0 Å². The molecule has 0 saturated heterocycles. The average molecular weight is 224 g/mol. The van der Waals surface area contributed by atoms with Gasteiger partial charge in [-0.1, -0.05) is 43.6 Å². The van der Waals surface area contributed by atoms with Crippen molar-refractivity contribution in [2.75, 3.05) is 6.61 Å². The molecule has 0 aromatic carbocycles. The minimum atomic E-state index is 0.170. The van der Waals surface area contributed by atoms with Crippen molar-refractivity contribution in [1.29, 1.82) is 0 Å². The zero-order chi connectivity index (χ0) is 12.4. The highest BCUT2D eigenvalue weighted by Gasteiger charge is 1.95. The minimum absolute atomic E-state index is 0.170. The van der Waals surface area contributed by atoms with Crippen LogP contribution in [0.25, 0.3) is 0 Å². The molecule has 0 aliphatic heterocycles. The summed E-state index contributed by atoms with van der Waals surface area (Å²) in [7, 11) is 0. The molecule has 0 bridgehead atoms. The SMILES string of the molecule is C/C(=C/CC/C(C)=C/CO)CCCC(C)C. The number of aliphatic hydroxyl groups is 1. The summed E-state index contributed by atoms with van der Waals surface area (Å²) in [5.74, 6) is 0.822. The fourth-order valence-electron chi connectivity index (χ4n) is 1.70. The van der Waals surface area contributed by atoms with Crippen LogP contribution < -0.4 is 0 Å². The summed E-state index contributed by atoms with van der Waals surface area (Å²) in [5.41, 5.74) is 2.80. The lowest BCUT2D eigenvalue weighted by Gasteiger charge is -2.05. The topological polar surface area (TPSA) is 20.2 Å². The van der Waals surface area contributed by atoms with Gasteiger partial charge in [-0.25, -0.2) is 0 Å². The Morgan fingerprint density at radius 2 is 1.69 bits per heavy atom. The summed E-state index contributed by atoms with van der Waals surface area (Å²) in [6.07, 6.45) is 10.3. The molecule has 0 heterocycles. The largest absolute Gasteiger partial charge is 0.392 e. The van der Waals surface area contributed by atoms with Gasteiger partial charge in [-0.3, -0.25) is 0 Å². The fraction of sp³-hybridized carbons (Fsp3) is 0.733. The van der Waals surface area contributed by atoms with Crippen LogP contribution in [-0.2, 0) is 0 Å². The van der Waals surface area contributed by atoms with Crippen LogP contribution in [0, 0.1) is 5.92 Å². The van der Waals surface area contributed by atoms with Crippen LogP contribution in [0.15, 0.2) is 23.3 Å². The van der Waals surface area contributed by atoms with E-state index in [2.05, 4.69) is 33.8 Å². The maximum absolute atomic E-state index is 8.72. The molecule has 0 spiro atoms. The van der Waals surface area contributed by atoms with Gasteiger partial charge in [0.05, 0.1) is 6.61 Å². The summed E-state index contributed by atoms with van der Waals surface area (Å²) in [6.45, 7) is 9.04. The third-order valence-corrected chi connectivity index (χ3v) is 2.82. The first-order valence-electron chi connectivity index (χ1n) is 6.48. The van der Waals surface area contributed by atoms with Gasteiger partial charge in [0.15, 0.2) is 0 Å². The lowest BCUT2D eigenvalue weighted by molar-refractivity contribution is 0.341. The van der Waals surface area contributed by atoms with Crippen LogP contribution in [0.5, 0.6) is 0 Å². The monoisotopic (exact) mass is 224 g/mol. The summed E-state index contributed by atoms with van der Waals surface area (Å²) in [6, 6.07) is 0. The Hall–Kier alpha value is -0.560.